The number of carboxylic acids is 1. The maximum atomic E-state index is 10.4. The first-order chi connectivity index (χ1) is 11.2. The summed E-state index contributed by atoms with van der Waals surface area (Å²) in [6.45, 7) is 2.24. The van der Waals surface area contributed by atoms with Crippen molar-refractivity contribution in [1.29, 1.82) is 0 Å². The lowest BCUT2D eigenvalue weighted by Gasteiger charge is -1.96. The van der Waals surface area contributed by atoms with Crippen molar-refractivity contribution in [2.45, 2.75) is 96.2 Å². The predicted molar refractivity (Wildman–Crippen MR) is 95.7 cm³/mol. The number of rotatable bonds is 15. The molecule has 0 spiro atoms. The number of hydrogen-bond donors (Lipinski definition) is 1. The fourth-order valence-electron chi connectivity index (χ4n) is 2.69. The van der Waals surface area contributed by atoms with E-state index in [1.54, 1.807) is 0 Å². The molecule has 0 radical (unpaired) electrons. The number of allylic oxidation sites excluding steroid dienone is 2. The number of unbranched alkanes of at least 4 members (excludes halogenated alkanes) is 7. The van der Waals surface area contributed by atoms with Gasteiger partial charge in [0.25, 0.3) is 0 Å². The molecule has 2 atom stereocenters. The van der Waals surface area contributed by atoms with E-state index in [1.807, 2.05) is 0 Å². The quantitative estimate of drug-likeness (QED) is 0.241. The molecule has 0 saturated carbocycles. The number of aliphatic carboxylic acids is 1. The van der Waals surface area contributed by atoms with Gasteiger partial charge < -0.3 is 9.84 Å². The first kappa shape index (κ1) is 20.0. The third kappa shape index (κ3) is 12.1. The predicted octanol–water partition coefficient (Wildman–Crippen LogP) is 5.65. The van der Waals surface area contributed by atoms with E-state index in [0.29, 0.717) is 18.6 Å². The molecular formula is C20H34O3. The monoisotopic (exact) mass is 322 g/mol. The van der Waals surface area contributed by atoms with Crippen molar-refractivity contribution in [2.24, 2.45) is 0 Å². The van der Waals surface area contributed by atoms with Gasteiger partial charge in [0.15, 0.2) is 0 Å². The molecule has 1 aliphatic rings. The molecular weight excluding hydrogens is 288 g/mol. The van der Waals surface area contributed by atoms with Crippen molar-refractivity contribution in [3.63, 3.8) is 0 Å². The molecule has 1 saturated heterocycles. The summed E-state index contributed by atoms with van der Waals surface area (Å²) < 4.78 is 5.67. The maximum absolute atomic E-state index is 10.4. The number of carboxylic acid groups (broad SMARTS) is 1. The Balaban J connectivity index is 1.86. The van der Waals surface area contributed by atoms with Gasteiger partial charge in [0.05, 0.1) is 12.2 Å². The molecule has 3 nitrogen and oxygen atoms in total. The zero-order chi connectivity index (χ0) is 16.8. The molecule has 2 unspecified atom stereocenters. The van der Waals surface area contributed by atoms with Crippen LogP contribution in [0.25, 0.3) is 0 Å². The molecule has 3 heteroatoms. The second-order valence-electron chi connectivity index (χ2n) is 6.47. The highest BCUT2D eigenvalue weighted by Gasteiger charge is 2.35. The summed E-state index contributed by atoms with van der Waals surface area (Å²) in [7, 11) is 0. The smallest absolute Gasteiger partial charge is 0.303 e. The maximum Gasteiger partial charge on any atom is 0.303 e. The van der Waals surface area contributed by atoms with Gasteiger partial charge >= 0.3 is 5.97 Å². The van der Waals surface area contributed by atoms with Crippen molar-refractivity contribution in [3.05, 3.63) is 24.3 Å². The van der Waals surface area contributed by atoms with Crippen molar-refractivity contribution in [2.75, 3.05) is 0 Å². The Kier molecular flexibility index (Phi) is 11.6. The molecule has 1 aliphatic heterocycles. The molecule has 1 N–H and O–H groups in total. The van der Waals surface area contributed by atoms with Crippen LogP contribution in [0, 0.1) is 0 Å². The van der Waals surface area contributed by atoms with Crippen LogP contribution in [0.1, 0.15) is 84.0 Å². The molecule has 0 aromatic heterocycles. The van der Waals surface area contributed by atoms with Gasteiger partial charge in [-0.3, -0.25) is 4.79 Å². The Morgan fingerprint density at radius 3 is 2.00 bits per heavy atom. The highest BCUT2D eigenvalue weighted by molar-refractivity contribution is 5.66. The minimum absolute atomic E-state index is 0.309. The minimum atomic E-state index is -0.681. The van der Waals surface area contributed by atoms with Crippen molar-refractivity contribution < 1.29 is 14.6 Å². The Morgan fingerprint density at radius 2 is 1.43 bits per heavy atom. The highest BCUT2D eigenvalue weighted by Crippen LogP contribution is 2.29. The van der Waals surface area contributed by atoms with E-state index in [-0.39, 0.29) is 0 Å². The number of epoxide rings is 1. The summed E-state index contributed by atoms with van der Waals surface area (Å²) in [6, 6.07) is 0. The standard InChI is InChI=1S/C20H34O3/c1-2-3-4-5-9-12-15-18-19(23-18)16-13-10-7-6-8-11-14-17-20(21)22/h9-10,12-13,18-19H,2-8,11,14-17H2,1H3,(H,21,22)/b12-9-,13-10-. The minimum Gasteiger partial charge on any atom is -0.481 e. The van der Waals surface area contributed by atoms with E-state index < -0.39 is 5.97 Å². The highest BCUT2D eigenvalue weighted by atomic mass is 16.6. The van der Waals surface area contributed by atoms with E-state index >= 15 is 0 Å². The van der Waals surface area contributed by atoms with E-state index in [2.05, 4.69) is 31.2 Å². The normalized spacial score (nSPS) is 20.6. The second kappa shape index (κ2) is 13.4. The first-order valence-corrected chi connectivity index (χ1v) is 9.41. The molecule has 23 heavy (non-hydrogen) atoms. The SMILES string of the molecule is CCCCC/C=C\CC1OC1C/C=C\CCCCCCC(=O)O. The van der Waals surface area contributed by atoms with Gasteiger partial charge in [-0.05, 0) is 44.9 Å². The molecule has 0 bridgehead atoms. The van der Waals surface area contributed by atoms with E-state index in [9.17, 15) is 4.79 Å². The zero-order valence-corrected chi connectivity index (χ0v) is 14.7. The van der Waals surface area contributed by atoms with Crippen LogP contribution in [0.3, 0.4) is 0 Å². The lowest BCUT2D eigenvalue weighted by Crippen LogP contribution is -1.93. The van der Waals surface area contributed by atoms with Gasteiger partial charge in [-0.2, -0.15) is 0 Å². The number of carbonyl (C=O) groups is 1. The van der Waals surface area contributed by atoms with Crippen molar-refractivity contribution >= 4 is 5.97 Å². The third-order valence-corrected chi connectivity index (χ3v) is 4.24. The van der Waals surface area contributed by atoms with E-state index in [4.69, 9.17) is 9.84 Å². The van der Waals surface area contributed by atoms with Gasteiger partial charge in [-0.25, -0.2) is 0 Å². The second-order valence-corrected chi connectivity index (χ2v) is 6.47. The van der Waals surface area contributed by atoms with Crippen LogP contribution in [0.4, 0.5) is 0 Å². The van der Waals surface area contributed by atoms with Gasteiger partial charge in [0, 0.05) is 6.42 Å². The van der Waals surface area contributed by atoms with Crippen molar-refractivity contribution in [1.82, 2.24) is 0 Å². The summed E-state index contributed by atoms with van der Waals surface area (Å²) >= 11 is 0. The number of hydrogen-bond acceptors (Lipinski definition) is 2. The summed E-state index contributed by atoms with van der Waals surface area (Å²) in [5.41, 5.74) is 0. The Labute approximate surface area is 141 Å². The summed E-state index contributed by atoms with van der Waals surface area (Å²) in [5, 5.41) is 8.54. The number of ether oxygens (including phenoxy) is 1. The molecule has 0 aliphatic carbocycles. The van der Waals surface area contributed by atoms with Gasteiger partial charge in [0.1, 0.15) is 0 Å². The Morgan fingerprint density at radius 1 is 0.870 bits per heavy atom. The van der Waals surface area contributed by atoms with Crippen LogP contribution in [0.2, 0.25) is 0 Å². The molecule has 132 valence electrons. The molecule has 0 aromatic carbocycles. The van der Waals surface area contributed by atoms with Crippen LogP contribution in [0.15, 0.2) is 24.3 Å². The Bertz CT molecular complexity index is 360. The van der Waals surface area contributed by atoms with Gasteiger partial charge in [-0.1, -0.05) is 56.9 Å². The zero-order valence-electron chi connectivity index (χ0n) is 14.7. The summed E-state index contributed by atoms with van der Waals surface area (Å²) in [6.07, 6.45) is 22.7. The molecule has 1 rings (SSSR count). The van der Waals surface area contributed by atoms with Gasteiger partial charge in [-0.15, -0.1) is 0 Å². The van der Waals surface area contributed by atoms with Crippen LogP contribution in [-0.4, -0.2) is 23.3 Å². The molecule has 1 heterocycles. The first-order valence-electron chi connectivity index (χ1n) is 9.41. The fraction of sp³-hybridized carbons (Fsp3) is 0.750. The van der Waals surface area contributed by atoms with Crippen LogP contribution in [-0.2, 0) is 9.53 Å². The third-order valence-electron chi connectivity index (χ3n) is 4.24. The van der Waals surface area contributed by atoms with Gasteiger partial charge in [0.2, 0.25) is 0 Å². The Hall–Kier alpha value is -1.09. The largest absolute Gasteiger partial charge is 0.481 e. The molecule has 1 fully saturated rings. The van der Waals surface area contributed by atoms with E-state index in [0.717, 1.165) is 44.9 Å². The van der Waals surface area contributed by atoms with Crippen LogP contribution >= 0.6 is 0 Å². The average Bonchev–Trinajstić information content (AvgIpc) is 3.27. The molecule has 0 amide bonds. The van der Waals surface area contributed by atoms with Crippen LogP contribution < -0.4 is 0 Å². The lowest BCUT2D eigenvalue weighted by molar-refractivity contribution is -0.137. The summed E-state index contributed by atoms with van der Waals surface area (Å²) in [4.78, 5) is 10.4. The summed E-state index contributed by atoms with van der Waals surface area (Å²) in [5.74, 6) is -0.681. The van der Waals surface area contributed by atoms with Crippen molar-refractivity contribution in [3.8, 4) is 0 Å². The fourth-order valence-corrected chi connectivity index (χ4v) is 2.69. The van der Waals surface area contributed by atoms with Crippen LogP contribution in [0.5, 0.6) is 0 Å². The topological polar surface area (TPSA) is 49.8 Å². The van der Waals surface area contributed by atoms with E-state index in [1.165, 1.54) is 25.7 Å². The lowest BCUT2D eigenvalue weighted by atomic mass is 10.1. The molecule has 0 aromatic rings. The average molecular weight is 322 g/mol.